The number of unbranched alkanes of at least 4 members (excludes halogenated alkanes) is 1. The second-order valence-electron chi connectivity index (χ2n) is 6.76. The number of nitrogens with zero attached hydrogens (tertiary/aromatic N) is 1. The number of ether oxygens (including phenoxy) is 2. The Labute approximate surface area is 171 Å². The zero-order valence-electron chi connectivity index (χ0n) is 17.1. The van der Waals surface area contributed by atoms with Crippen LogP contribution in [0.25, 0.3) is 0 Å². The van der Waals surface area contributed by atoms with E-state index in [-0.39, 0.29) is 12.5 Å². The molecule has 162 valence electrons. The minimum atomic E-state index is -0.987. The number of thioether (sulfide) groups is 1. The van der Waals surface area contributed by atoms with Crippen molar-refractivity contribution in [1.82, 2.24) is 10.2 Å². The summed E-state index contributed by atoms with van der Waals surface area (Å²) >= 11 is 1.56. The summed E-state index contributed by atoms with van der Waals surface area (Å²) in [5.74, 6) is -0.490. The highest BCUT2D eigenvalue weighted by Crippen LogP contribution is 2.19. The van der Waals surface area contributed by atoms with Gasteiger partial charge in [-0.05, 0) is 33.1 Å². The first-order chi connectivity index (χ1) is 13.4. The number of amides is 1. The van der Waals surface area contributed by atoms with Gasteiger partial charge >= 0.3 is 11.9 Å². The summed E-state index contributed by atoms with van der Waals surface area (Å²) in [6.45, 7) is 7.54. The summed E-state index contributed by atoms with van der Waals surface area (Å²) in [5, 5.41) is 12.3. The normalized spacial score (nSPS) is 18.7. The topological polar surface area (TPSA) is 105 Å². The SMILES string of the molecule is CCCCOCCSC[C@H](NC(C)C(=O)N1CCC[C@H]1C(=O)O)C(=O)OCC. The largest absolute Gasteiger partial charge is 0.480 e. The van der Waals surface area contributed by atoms with Gasteiger partial charge < -0.3 is 19.5 Å². The van der Waals surface area contributed by atoms with E-state index in [0.717, 1.165) is 25.2 Å². The summed E-state index contributed by atoms with van der Waals surface area (Å²) in [5.41, 5.74) is 0. The summed E-state index contributed by atoms with van der Waals surface area (Å²) < 4.78 is 10.6. The van der Waals surface area contributed by atoms with Crippen molar-refractivity contribution in [2.45, 2.75) is 64.6 Å². The van der Waals surface area contributed by atoms with Gasteiger partial charge in [0.1, 0.15) is 12.1 Å². The molecule has 28 heavy (non-hydrogen) atoms. The lowest BCUT2D eigenvalue weighted by molar-refractivity contribution is -0.150. The van der Waals surface area contributed by atoms with Crippen molar-refractivity contribution in [2.24, 2.45) is 0 Å². The molecule has 0 aliphatic carbocycles. The number of carbonyl (C=O) groups excluding carboxylic acids is 2. The monoisotopic (exact) mass is 418 g/mol. The van der Waals surface area contributed by atoms with Crippen molar-refractivity contribution in [3.63, 3.8) is 0 Å². The molecule has 1 aliphatic rings. The van der Waals surface area contributed by atoms with Gasteiger partial charge in [-0.15, -0.1) is 0 Å². The Kier molecular flexibility index (Phi) is 12.2. The average molecular weight is 419 g/mol. The third-order valence-corrected chi connectivity index (χ3v) is 5.54. The van der Waals surface area contributed by atoms with Crippen LogP contribution in [0.3, 0.4) is 0 Å². The van der Waals surface area contributed by atoms with Crippen LogP contribution in [0, 0.1) is 0 Å². The Bertz CT molecular complexity index is 505. The van der Waals surface area contributed by atoms with Crippen LogP contribution in [-0.4, -0.2) is 83.8 Å². The molecular formula is C19H34N2O6S. The fourth-order valence-corrected chi connectivity index (χ4v) is 3.87. The van der Waals surface area contributed by atoms with Crippen molar-refractivity contribution >= 4 is 29.6 Å². The first-order valence-electron chi connectivity index (χ1n) is 10.0. The van der Waals surface area contributed by atoms with Crippen LogP contribution in [0.2, 0.25) is 0 Å². The quantitative estimate of drug-likeness (QED) is 0.323. The van der Waals surface area contributed by atoms with Crippen LogP contribution in [0.1, 0.15) is 46.5 Å². The van der Waals surface area contributed by atoms with Crippen LogP contribution in [0.15, 0.2) is 0 Å². The van der Waals surface area contributed by atoms with Gasteiger partial charge in [0.05, 0.1) is 19.3 Å². The second kappa shape index (κ2) is 13.8. The van der Waals surface area contributed by atoms with Gasteiger partial charge in [-0.1, -0.05) is 13.3 Å². The van der Waals surface area contributed by atoms with Crippen LogP contribution < -0.4 is 5.32 Å². The highest BCUT2D eigenvalue weighted by Gasteiger charge is 2.36. The van der Waals surface area contributed by atoms with Crippen LogP contribution in [0.5, 0.6) is 0 Å². The first-order valence-corrected chi connectivity index (χ1v) is 11.2. The van der Waals surface area contributed by atoms with Gasteiger partial charge in [0.25, 0.3) is 0 Å². The van der Waals surface area contributed by atoms with Crippen LogP contribution in [-0.2, 0) is 23.9 Å². The fraction of sp³-hybridized carbons (Fsp3) is 0.842. The highest BCUT2D eigenvalue weighted by molar-refractivity contribution is 7.99. The number of nitrogens with one attached hydrogen (secondary N) is 1. The minimum Gasteiger partial charge on any atom is -0.480 e. The van der Waals surface area contributed by atoms with Crippen molar-refractivity contribution in [3.05, 3.63) is 0 Å². The summed E-state index contributed by atoms with van der Waals surface area (Å²) in [4.78, 5) is 37.6. The van der Waals surface area contributed by atoms with Crippen molar-refractivity contribution in [2.75, 3.05) is 37.9 Å². The second-order valence-corrected chi connectivity index (χ2v) is 7.91. The molecule has 0 saturated carbocycles. The number of carbonyl (C=O) groups is 3. The highest BCUT2D eigenvalue weighted by atomic mass is 32.2. The Morgan fingerprint density at radius 3 is 2.68 bits per heavy atom. The molecule has 1 heterocycles. The standard InChI is InChI=1S/C19H34N2O6S/c1-4-6-10-26-11-12-28-13-15(19(25)27-5-2)20-14(3)17(22)21-9-7-8-16(21)18(23)24/h14-16,20H,4-13H2,1-3H3,(H,23,24)/t14?,15-,16-/m0/s1. The number of aliphatic carboxylic acids is 1. The maximum absolute atomic E-state index is 12.7. The van der Waals surface area contributed by atoms with Gasteiger partial charge in [-0.2, -0.15) is 11.8 Å². The average Bonchev–Trinajstić information content (AvgIpc) is 3.15. The Morgan fingerprint density at radius 1 is 1.29 bits per heavy atom. The number of hydrogen-bond donors (Lipinski definition) is 2. The molecule has 9 heteroatoms. The van der Waals surface area contributed by atoms with Crippen LogP contribution in [0.4, 0.5) is 0 Å². The van der Waals surface area contributed by atoms with E-state index >= 15 is 0 Å². The molecule has 1 rings (SSSR count). The molecule has 8 nitrogen and oxygen atoms in total. The molecule has 0 aromatic heterocycles. The molecule has 1 fully saturated rings. The maximum Gasteiger partial charge on any atom is 0.326 e. The van der Waals surface area contributed by atoms with E-state index in [2.05, 4.69) is 12.2 Å². The predicted molar refractivity (Wildman–Crippen MR) is 108 cm³/mol. The molecule has 0 spiro atoms. The van der Waals surface area contributed by atoms with E-state index in [1.165, 1.54) is 4.90 Å². The Morgan fingerprint density at radius 2 is 2.04 bits per heavy atom. The lowest BCUT2D eigenvalue weighted by Gasteiger charge is -2.27. The number of esters is 1. The zero-order chi connectivity index (χ0) is 20.9. The molecule has 1 unspecified atom stereocenters. The first kappa shape index (κ1) is 24.7. The molecule has 0 bridgehead atoms. The smallest absolute Gasteiger partial charge is 0.326 e. The number of carboxylic acid groups (broad SMARTS) is 1. The summed E-state index contributed by atoms with van der Waals surface area (Å²) in [6.07, 6.45) is 3.26. The summed E-state index contributed by atoms with van der Waals surface area (Å²) in [7, 11) is 0. The minimum absolute atomic E-state index is 0.261. The lowest BCUT2D eigenvalue weighted by Crippen LogP contribution is -2.54. The Balaban J connectivity index is 2.53. The van der Waals surface area contributed by atoms with Crippen LogP contribution >= 0.6 is 11.8 Å². The molecule has 1 saturated heterocycles. The lowest BCUT2D eigenvalue weighted by atomic mass is 10.2. The van der Waals surface area contributed by atoms with Crippen molar-refractivity contribution < 1.29 is 29.0 Å². The molecule has 0 aromatic carbocycles. The molecule has 0 aromatic rings. The van der Waals surface area contributed by atoms with Crippen molar-refractivity contribution in [3.8, 4) is 0 Å². The van der Waals surface area contributed by atoms with Gasteiger partial charge in [-0.3, -0.25) is 14.9 Å². The van der Waals surface area contributed by atoms with E-state index < -0.39 is 30.1 Å². The Hall–Kier alpha value is -1.32. The molecule has 2 N–H and O–H groups in total. The van der Waals surface area contributed by atoms with E-state index in [1.807, 2.05) is 0 Å². The van der Waals surface area contributed by atoms with Crippen molar-refractivity contribution in [1.29, 1.82) is 0 Å². The van der Waals surface area contributed by atoms with Gasteiger partial charge in [0.15, 0.2) is 0 Å². The zero-order valence-corrected chi connectivity index (χ0v) is 18.0. The van der Waals surface area contributed by atoms with E-state index in [1.54, 1.807) is 25.6 Å². The fourth-order valence-electron chi connectivity index (χ4n) is 3.00. The number of hydrogen-bond acceptors (Lipinski definition) is 7. The number of carboxylic acids is 1. The number of rotatable bonds is 14. The molecule has 1 aliphatic heterocycles. The maximum atomic E-state index is 12.7. The number of likely N-dealkylation sites (tertiary alicyclic amines) is 1. The van der Waals surface area contributed by atoms with Gasteiger partial charge in [0, 0.05) is 24.7 Å². The van der Waals surface area contributed by atoms with E-state index in [4.69, 9.17) is 9.47 Å². The third kappa shape index (κ3) is 8.36. The molecule has 3 atom stereocenters. The third-order valence-electron chi connectivity index (χ3n) is 4.51. The molecular weight excluding hydrogens is 384 g/mol. The van der Waals surface area contributed by atoms with E-state index in [9.17, 15) is 19.5 Å². The van der Waals surface area contributed by atoms with E-state index in [0.29, 0.717) is 31.7 Å². The molecule has 1 amide bonds. The predicted octanol–water partition coefficient (Wildman–Crippen LogP) is 1.52. The summed E-state index contributed by atoms with van der Waals surface area (Å²) in [6, 6.07) is -2.09. The van der Waals surface area contributed by atoms with Gasteiger partial charge in [0.2, 0.25) is 5.91 Å². The van der Waals surface area contributed by atoms with Gasteiger partial charge in [-0.25, -0.2) is 4.79 Å². The molecule has 0 radical (unpaired) electrons.